The zero-order valence-corrected chi connectivity index (χ0v) is 14.0. The summed E-state index contributed by atoms with van der Waals surface area (Å²) in [7, 11) is 3.25. The predicted octanol–water partition coefficient (Wildman–Crippen LogP) is 1.52. The molecule has 0 amide bonds. The Balaban J connectivity index is 2.88. The normalized spacial score (nSPS) is 27.5. The van der Waals surface area contributed by atoms with Gasteiger partial charge in [-0.2, -0.15) is 0 Å². The molecule has 1 aliphatic carbocycles. The molecule has 0 spiro atoms. The zero-order valence-electron chi connectivity index (χ0n) is 13.2. The van der Waals surface area contributed by atoms with Gasteiger partial charge in [-0.05, 0) is 60.2 Å². The van der Waals surface area contributed by atoms with Crippen LogP contribution in [-0.2, 0) is 9.84 Å². The molecule has 0 saturated heterocycles. The van der Waals surface area contributed by atoms with Gasteiger partial charge in [-0.25, -0.2) is 8.42 Å². The summed E-state index contributed by atoms with van der Waals surface area (Å²) in [5, 5.41) is 3.28. The van der Waals surface area contributed by atoms with Crippen LogP contribution in [-0.4, -0.2) is 57.5 Å². The van der Waals surface area contributed by atoms with Crippen LogP contribution in [0, 0.1) is 5.92 Å². The van der Waals surface area contributed by atoms with Crippen molar-refractivity contribution in [3.8, 4) is 0 Å². The highest BCUT2D eigenvalue weighted by molar-refractivity contribution is 7.91. The van der Waals surface area contributed by atoms with Gasteiger partial charge >= 0.3 is 0 Å². The van der Waals surface area contributed by atoms with E-state index < -0.39 is 9.84 Å². The first-order valence-electron chi connectivity index (χ1n) is 7.14. The molecule has 1 rings (SSSR count). The van der Waals surface area contributed by atoms with E-state index in [1.54, 1.807) is 0 Å². The van der Waals surface area contributed by atoms with Crippen LogP contribution in [0.1, 0.15) is 39.5 Å². The summed E-state index contributed by atoms with van der Waals surface area (Å²) in [5.41, 5.74) is 0.0127. The first-order valence-corrected chi connectivity index (χ1v) is 9.09. The molecule has 1 fully saturated rings. The van der Waals surface area contributed by atoms with E-state index in [-0.39, 0.29) is 10.8 Å². The largest absolute Gasteiger partial charge is 0.315 e. The van der Waals surface area contributed by atoms with Crippen molar-refractivity contribution in [3.63, 3.8) is 0 Å². The molecule has 3 atom stereocenters. The summed E-state index contributed by atoms with van der Waals surface area (Å²) in [6.45, 7) is 4.44. The van der Waals surface area contributed by atoms with Gasteiger partial charge in [-0.15, -0.1) is 0 Å². The van der Waals surface area contributed by atoms with Gasteiger partial charge in [0.15, 0.2) is 0 Å². The maximum atomic E-state index is 11.8. The molecule has 0 bridgehead atoms. The maximum Gasteiger partial charge on any atom is 0.150 e. The Bertz CT molecular complexity index is 390. The third-order valence-electron chi connectivity index (χ3n) is 4.97. The Morgan fingerprint density at radius 1 is 1.26 bits per heavy atom. The standard InChI is InChI=1S/C14H30N2O2S/c1-14(2,16(4)5)13(15-3)11-8-7-9-12(10-11)19(6,17)18/h11-13,15H,7-10H2,1-6H3. The Morgan fingerprint density at radius 2 is 1.84 bits per heavy atom. The molecule has 3 unspecified atom stereocenters. The molecule has 114 valence electrons. The van der Waals surface area contributed by atoms with Gasteiger partial charge in [-0.3, -0.25) is 0 Å². The van der Waals surface area contributed by atoms with Crippen LogP contribution >= 0.6 is 0 Å². The summed E-state index contributed by atoms with van der Waals surface area (Å²) in [4.78, 5) is 2.22. The third kappa shape index (κ3) is 3.92. The number of hydrogen-bond donors (Lipinski definition) is 1. The van der Waals surface area contributed by atoms with Crippen LogP contribution in [0.25, 0.3) is 0 Å². The minimum Gasteiger partial charge on any atom is -0.315 e. The zero-order chi connectivity index (χ0) is 14.8. The quantitative estimate of drug-likeness (QED) is 0.834. The molecular formula is C14H30N2O2S. The first kappa shape index (κ1) is 16.9. The van der Waals surface area contributed by atoms with Crippen molar-refractivity contribution in [2.45, 2.75) is 56.4 Å². The molecule has 4 nitrogen and oxygen atoms in total. The lowest BCUT2D eigenvalue weighted by Gasteiger charge is -2.46. The van der Waals surface area contributed by atoms with Crippen molar-refractivity contribution in [3.05, 3.63) is 0 Å². The fourth-order valence-electron chi connectivity index (χ4n) is 3.32. The number of sulfone groups is 1. The maximum absolute atomic E-state index is 11.8. The molecule has 0 aliphatic heterocycles. The lowest BCUT2D eigenvalue weighted by atomic mass is 9.75. The van der Waals surface area contributed by atoms with Gasteiger partial charge in [0.25, 0.3) is 0 Å². The van der Waals surface area contributed by atoms with Gasteiger partial charge in [-0.1, -0.05) is 6.42 Å². The number of rotatable bonds is 5. The molecule has 5 heteroatoms. The fraction of sp³-hybridized carbons (Fsp3) is 1.00. The summed E-state index contributed by atoms with van der Waals surface area (Å²) >= 11 is 0. The van der Waals surface area contributed by atoms with Crippen LogP contribution < -0.4 is 5.32 Å². The van der Waals surface area contributed by atoms with Crippen LogP contribution in [0.2, 0.25) is 0 Å². The highest BCUT2D eigenvalue weighted by Gasteiger charge is 2.40. The lowest BCUT2D eigenvalue weighted by Crippen LogP contribution is -2.58. The second kappa shape index (κ2) is 6.10. The number of nitrogens with zero attached hydrogens (tertiary/aromatic N) is 1. The van der Waals surface area contributed by atoms with E-state index in [0.717, 1.165) is 25.7 Å². The average molecular weight is 290 g/mol. The van der Waals surface area contributed by atoms with E-state index in [2.05, 4.69) is 38.2 Å². The number of likely N-dealkylation sites (N-methyl/N-ethyl adjacent to an activating group) is 2. The van der Waals surface area contributed by atoms with Gasteiger partial charge in [0.1, 0.15) is 9.84 Å². The van der Waals surface area contributed by atoms with E-state index >= 15 is 0 Å². The van der Waals surface area contributed by atoms with Crippen molar-refractivity contribution >= 4 is 9.84 Å². The van der Waals surface area contributed by atoms with Gasteiger partial charge < -0.3 is 10.2 Å². The highest BCUT2D eigenvalue weighted by Crippen LogP contribution is 2.35. The molecule has 1 N–H and O–H groups in total. The van der Waals surface area contributed by atoms with E-state index in [1.807, 2.05) is 7.05 Å². The monoisotopic (exact) mass is 290 g/mol. The lowest BCUT2D eigenvalue weighted by molar-refractivity contribution is 0.0921. The van der Waals surface area contributed by atoms with Crippen LogP contribution in [0.15, 0.2) is 0 Å². The SMILES string of the molecule is CNC(C1CCCC(S(C)(=O)=O)C1)C(C)(C)N(C)C. The molecule has 0 aromatic rings. The van der Waals surface area contributed by atoms with E-state index in [0.29, 0.717) is 12.0 Å². The third-order valence-corrected chi connectivity index (χ3v) is 6.61. The summed E-state index contributed by atoms with van der Waals surface area (Å²) < 4.78 is 23.6. The van der Waals surface area contributed by atoms with Crippen molar-refractivity contribution in [1.82, 2.24) is 10.2 Å². The summed E-state index contributed by atoms with van der Waals surface area (Å²) in [6, 6.07) is 0.312. The second-order valence-corrected chi connectivity index (χ2v) is 9.02. The van der Waals surface area contributed by atoms with Crippen molar-refractivity contribution in [2.24, 2.45) is 5.92 Å². The fourth-order valence-corrected chi connectivity index (χ4v) is 4.51. The molecule has 19 heavy (non-hydrogen) atoms. The van der Waals surface area contributed by atoms with Crippen LogP contribution in [0.4, 0.5) is 0 Å². The molecular weight excluding hydrogens is 260 g/mol. The smallest absolute Gasteiger partial charge is 0.150 e. The Kier molecular flexibility index (Phi) is 5.43. The Labute approximate surface area is 118 Å². The van der Waals surface area contributed by atoms with E-state index in [9.17, 15) is 8.42 Å². The van der Waals surface area contributed by atoms with E-state index in [1.165, 1.54) is 6.26 Å². The molecule has 0 radical (unpaired) electrons. The molecule has 0 aromatic carbocycles. The molecule has 0 aromatic heterocycles. The number of hydrogen-bond acceptors (Lipinski definition) is 4. The van der Waals surface area contributed by atoms with E-state index in [4.69, 9.17) is 0 Å². The second-order valence-electron chi connectivity index (χ2n) is 6.69. The average Bonchev–Trinajstić information content (AvgIpc) is 2.28. The first-order chi connectivity index (χ1) is 8.60. The van der Waals surface area contributed by atoms with Crippen molar-refractivity contribution < 1.29 is 8.42 Å². The van der Waals surface area contributed by atoms with Gasteiger partial charge in [0, 0.05) is 17.8 Å². The number of nitrogens with one attached hydrogen (secondary N) is 1. The summed E-state index contributed by atoms with van der Waals surface area (Å²) in [6.07, 6.45) is 5.14. The Hall–Kier alpha value is -0.130. The predicted molar refractivity (Wildman–Crippen MR) is 81.2 cm³/mol. The topological polar surface area (TPSA) is 49.4 Å². The molecule has 0 heterocycles. The van der Waals surface area contributed by atoms with Gasteiger partial charge in [0.2, 0.25) is 0 Å². The minimum atomic E-state index is -2.91. The van der Waals surface area contributed by atoms with Crippen molar-refractivity contribution in [2.75, 3.05) is 27.4 Å². The van der Waals surface area contributed by atoms with Crippen LogP contribution in [0.3, 0.4) is 0 Å². The Morgan fingerprint density at radius 3 is 2.26 bits per heavy atom. The molecule has 1 saturated carbocycles. The van der Waals surface area contributed by atoms with Crippen LogP contribution in [0.5, 0.6) is 0 Å². The minimum absolute atomic E-state index is 0.0127. The van der Waals surface area contributed by atoms with Gasteiger partial charge in [0.05, 0.1) is 5.25 Å². The summed E-state index contributed by atoms with van der Waals surface area (Å²) in [5.74, 6) is 0.427. The van der Waals surface area contributed by atoms with Crippen molar-refractivity contribution in [1.29, 1.82) is 0 Å². The molecule has 1 aliphatic rings. The highest BCUT2D eigenvalue weighted by atomic mass is 32.2.